The minimum Gasteiger partial charge on any atom is -0.484 e. The van der Waals surface area contributed by atoms with Crippen LogP contribution in [-0.2, 0) is 0 Å². The molecule has 10 aromatic rings. The van der Waals surface area contributed by atoms with E-state index in [4.69, 9.17) is 24.1 Å². The van der Waals surface area contributed by atoms with Gasteiger partial charge in [-0.25, -0.2) is 15.0 Å². The maximum Gasteiger partial charge on any atom is 0.164 e. The summed E-state index contributed by atoms with van der Waals surface area (Å²) < 4.78 is 13.1. The summed E-state index contributed by atoms with van der Waals surface area (Å²) in [7, 11) is 0. The highest BCUT2D eigenvalue weighted by Crippen LogP contribution is 2.52. The van der Waals surface area contributed by atoms with Crippen molar-refractivity contribution in [2.24, 2.45) is 0 Å². The number of para-hydroxylation sites is 2. The van der Waals surface area contributed by atoms with Crippen LogP contribution in [0.3, 0.4) is 0 Å². The molecule has 1 aliphatic heterocycles. The third-order valence-corrected chi connectivity index (χ3v) is 11.7. The predicted molar refractivity (Wildman–Crippen MR) is 235 cm³/mol. The number of hydrogen-bond donors (Lipinski definition) is 0. The molecule has 0 saturated carbocycles. The molecule has 2 atom stereocenters. The molecule has 5 nitrogen and oxygen atoms in total. The van der Waals surface area contributed by atoms with Gasteiger partial charge in [-0.15, -0.1) is 0 Å². The lowest BCUT2D eigenvalue weighted by molar-refractivity contribution is 0.272. The summed E-state index contributed by atoms with van der Waals surface area (Å²) in [5.41, 5.74) is 10.1. The minimum atomic E-state index is -0.129. The maximum atomic E-state index is 6.83. The van der Waals surface area contributed by atoms with E-state index in [0.29, 0.717) is 17.5 Å². The molecule has 272 valence electrons. The van der Waals surface area contributed by atoms with E-state index in [2.05, 4.69) is 158 Å². The second-order valence-electron chi connectivity index (χ2n) is 15.0. The fraction of sp³-hybridized carbons (Fsp3) is 0.0377. The molecule has 0 radical (unpaired) electrons. The van der Waals surface area contributed by atoms with E-state index in [9.17, 15) is 0 Å². The topological polar surface area (TPSA) is 61.0 Å². The number of fused-ring (bicyclic) bond motifs is 8. The zero-order chi connectivity index (χ0) is 38.2. The Morgan fingerprint density at radius 1 is 0.448 bits per heavy atom. The van der Waals surface area contributed by atoms with Crippen molar-refractivity contribution < 1.29 is 9.15 Å². The summed E-state index contributed by atoms with van der Waals surface area (Å²) in [6.07, 6.45) is 6.45. The Bertz CT molecular complexity index is 3340. The number of hydrogen-bond acceptors (Lipinski definition) is 5. The molecule has 2 aliphatic rings. The Morgan fingerprint density at radius 2 is 1.14 bits per heavy atom. The zero-order valence-corrected chi connectivity index (χ0v) is 31.2. The second kappa shape index (κ2) is 13.0. The van der Waals surface area contributed by atoms with Gasteiger partial charge < -0.3 is 9.15 Å². The average Bonchev–Trinajstić information content (AvgIpc) is 3.88. The predicted octanol–water partition coefficient (Wildman–Crippen LogP) is 13.2. The number of benzene rings is 8. The lowest BCUT2D eigenvalue weighted by Crippen LogP contribution is -2.19. The Kier molecular flexibility index (Phi) is 7.29. The van der Waals surface area contributed by atoms with Crippen LogP contribution in [0.2, 0.25) is 0 Å². The van der Waals surface area contributed by atoms with Crippen molar-refractivity contribution in [1.29, 1.82) is 0 Å². The number of allylic oxidation sites excluding steroid dienone is 2. The molecule has 0 bridgehead atoms. The van der Waals surface area contributed by atoms with E-state index >= 15 is 0 Å². The molecular weight excluding hydrogens is 711 g/mol. The van der Waals surface area contributed by atoms with Gasteiger partial charge in [-0.2, -0.15) is 0 Å². The van der Waals surface area contributed by atoms with Crippen molar-refractivity contribution in [3.8, 4) is 51.0 Å². The number of nitrogens with zero attached hydrogens (tertiary/aromatic N) is 3. The highest BCUT2D eigenvalue weighted by atomic mass is 16.5. The Hall–Kier alpha value is -7.63. The van der Waals surface area contributed by atoms with Crippen LogP contribution in [0.1, 0.15) is 17.0 Å². The molecule has 58 heavy (non-hydrogen) atoms. The third-order valence-electron chi connectivity index (χ3n) is 11.7. The summed E-state index contributed by atoms with van der Waals surface area (Å²) in [5, 5.41) is 6.57. The summed E-state index contributed by atoms with van der Waals surface area (Å²) >= 11 is 0. The Morgan fingerprint density at radius 3 is 2.03 bits per heavy atom. The van der Waals surface area contributed by atoms with Crippen molar-refractivity contribution in [2.45, 2.75) is 12.0 Å². The van der Waals surface area contributed by atoms with E-state index in [1.165, 1.54) is 11.1 Å². The van der Waals surface area contributed by atoms with Crippen LogP contribution in [0.4, 0.5) is 0 Å². The molecule has 0 N–H and O–H groups in total. The minimum absolute atomic E-state index is 0.0105. The van der Waals surface area contributed by atoms with Crippen molar-refractivity contribution in [3.05, 3.63) is 199 Å². The SMILES string of the molecule is C1=CC2Oc3c(-c4ccccc4)cccc3C2C(c2cc(-c3nc(-c4ccc5ccccc5c4)nc(-c4cccc5oc6ccccc6c45)n3)cc3ccccc23)=C1. The van der Waals surface area contributed by atoms with E-state index in [-0.39, 0.29) is 12.0 Å². The lowest BCUT2D eigenvalue weighted by Gasteiger charge is -2.24. The lowest BCUT2D eigenvalue weighted by atomic mass is 9.79. The summed E-state index contributed by atoms with van der Waals surface area (Å²) in [4.78, 5) is 15.8. The molecule has 5 heteroatoms. The molecule has 0 spiro atoms. The van der Waals surface area contributed by atoms with E-state index in [1.807, 2.05) is 30.3 Å². The molecule has 0 amide bonds. The van der Waals surface area contributed by atoms with Gasteiger partial charge in [0.25, 0.3) is 0 Å². The van der Waals surface area contributed by atoms with Crippen molar-refractivity contribution in [1.82, 2.24) is 15.0 Å². The second-order valence-corrected chi connectivity index (χ2v) is 15.0. The highest BCUT2D eigenvalue weighted by molar-refractivity contribution is 6.12. The fourth-order valence-corrected chi connectivity index (χ4v) is 9.00. The van der Waals surface area contributed by atoms with Crippen LogP contribution in [-0.4, -0.2) is 21.1 Å². The normalized spacial score (nSPS) is 15.8. The molecule has 3 heterocycles. The summed E-state index contributed by atoms with van der Waals surface area (Å²) in [5.74, 6) is 2.76. The van der Waals surface area contributed by atoms with E-state index in [0.717, 1.165) is 82.6 Å². The fourth-order valence-electron chi connectivity index (χ4n) is 9.00. The Balaban J connectivity index is 1.07. The van der Waals surface area contributed by atoms with Crippen LogP contribution in [0.5, 0.6) is 5.75 Å². The largest absolute Gasteiger partial charge is 0.484 e. The van der Waals surface area contributed by atoms with E-state index in [1.54, 1.807) is 0 Å². The first-order valence-corrected chi connectivity index (χ1v) is 19.7. The van der Waals surface area contributed by atoms with Crippen molar-refractivity contribution in [3.63, 3.8) is 0 Å². The van der Waals surface area contributed by atoms with Gasteiger partial charge in [-0.1, -0.05) is 152 Å². The van der Waals surface area contributed by atoms with Crippen LogP contribution >= 0.6 is 0 Å². The maximum absolute atomic E-state index is 6.83. The number of ether oxygens (including phenoxy) is 1. The Labute approximate surface area is 334 Å². The van der Waals surface area contributed by atoms with Gasteiger partial charge in [0.1, 0.15) is 23.0 Å². The molecule has 0 fully saturated rings. The van der Waals surface area contributed by atoms with Crippen molar-refractivity contribution in [2.75, 3.05) is 0 Å². The standard InChI is InChI=1S/C53H33N3O2/c1-2-14-33(15-3-1)39-20-10-22-42-48-40(21-11-26-47(48)58-50(39)42)44-31-37(30-35-17-6-7-18-38(35)44)52-54-51(36-28-27-32-13-4-5-16-34(32)29-36)55-53(56-52)43-23-12-25-46-49(43)41-19-8-9-24-45(41)57-46/h1-31,47-48H. The monoisotopic (exact) mass is 743 g/mol. The van der Waals surface area contributed by atoms with Crippen molar-refractivity contribution >= 4 is 49.1 Å². The quantitative estimate of drug-likeness (QED) is 0.176. The summed E-state index contributed by atoms with van der Waals surface area (Å²) in [6.45, 7) is 0. The molecular formula is C53H33N3O2. The van der Waals surface area contributed by atoms with Gasteiger partial charge in [-0.05, 0) is 74.7 Å². The van der Waals surface area contributed by atoms with Gasteiger partial charge in [0.2, 0.25) is 0 Å². The molecule has 0 saturated heterocycles. The average molecular weight is 744 g/mol. The van der Waals surface area contributed by atoms with Crippen LogP contribution in [0, 0.1) is 0 Å². The third kappa shape index (κ3) is 5.21. The van der Waals surface area contributed by atoms with Crippen LogP contribution in [0.25, 0.3) is 94.3 Å². The van der Waals surface area contributed by atoms with Crippen LogP contribution < -0.4 is 4.74 Å². The number of furan rings is 1. The van der Waals surface area contributed by atoms with Gasteiger partial charge in [0.15, 0.2) is 17.5 Å². The van der Waals surface area contributed by atoms with Gasteiger partial charge in [0.05, 0.1) is 5.92 Å². The summed E-state index contributed by atoms with van der Waals surface area (Å²) in [6, 6.07) is 59.1. The van der Waals surface area contributed by atoms with Crippen LogP contribution in [0.15, 0.2) is 193 Å². The molecule has 2 aromatic heterocycles. The molecule has 2 unspecified atom stereocenters. The molecule has 12 rings (SSSR count). The first kappa shape index (κ1) is 32.6. The number of aromatic nitrogens is 3. The van der Waals surface area contributed by atoms with Gasteiger partial charge in [-0.3, -0.25) is 0 Å². The highest BCUT2D eigenvalue weighted by Gasteiger charge is 2.39. The first-order chi connectivity index (χ1) is 28.7. The zero-order valence-electron chi connectivity index (χ0n) is 31.2. The smallest absolute Gasteiger partial charge is 0.164 e. The molecule has 8 aromatic carbocycles. The number of rotatable bonds is 5. The van der Waals surface area contributed by atoms with E-state index < -0.39 is 0 Å². The van der Waals surface area contributed by atoms with Gasteiger partial charge >= 0.3 is 0 Å². The molecule has 1 aliphatic carbocycles. The van der Waals surface area contributed by atoms with Gasteiger partial charge in [0, 0.05) is 38.6 Å². The first-order valence-electron chi connectivity index (χ1n) is 19.7.